The molecule has 220 valence electrons. The molecule has 3 amide bonds. The maximum Gasteiger partial charge on any atom is 0.323 e. The van der Waals surface area contributed by atoms with Crippen LogP contribution in [0.1, 0.15) is 32.1 Å². The third-order valence-electron chi connectivity index (χ3n) is 7.98. The van der Waals surface area contributed by atoms with Crippen molar-refractivity contribution in [3.05, 3.63) is 115 Å². The van der Waals surface area contributed by atoms with E-state index in [1.54, 1.807) is 21.9 Å². The van der Waals surface area contributed by atoms with Gasteiger partial charge in [0, 0.05) is 65.2 Å². The largest absolute Gasteiger partial charge is 0.338 e. The molecule has 4 atom stereocenters. The molecule has 4 heterocycles. The van der Waals surface area contributed by atoms with Crippen LogP contribution in [-0.4, -0.2) is 64.7 Å². The van der Waals surface area contributed by atoms with Gasteiger partial charge in [0.1, 0.15) is 6.04 Å². The number of rotatable bonds is 7. The number of likely N-dealkylation sites (tertiary alicyclic amines) is 1. The minimum Gasteiger partial charge on any atom is -0.338 e. The first-order chi connectivity index (χ1) is 20.9. The molecule has 0 aliphatic carbocycles. The molecular formula is C31H29N5O5S2. The lowest BCUT2D eigenvalue weighted by molar-refractivity contribution is -0.384. The second-order valence-electron chi connectivity index (χ2n) is 10.4. The van der Waals surface area contributed by atoms with Crippen LogP contribution in [0.3, 0.4) is 0 Å². The van der Waals surface area contributed by atoms with Crippen molar-refractivity contribution in [3.8, 4) is 0 Å². The topological polar surface area (TPSA) is 125 Å². The highest BCUT2D eigenvalue weighted by molar-refractivity contribution is 7.10. The number of nitrogens with zero attached hydrogens (tertiary/aromatic N) is 3. The van der Waals surface area contributed by atoms with Crippen molar-refractivity contribution < 1.29 is 19.3 Å². The number of carbonyl (C=O) groups excluding carboxylic acids is 3. The molecule has 4 aromatic rings. The van der Waals surface area contributed by atoms with Crippen molar-refractivity contribution in [3.63, 3.8) is 0 Å². The molecule has 4 unspecified atom stereocenters. The number of anilines is 1. The van der Waals surface area contributed by atoms with E-state index < -0.39 is 34.9 Å². The number of nitrogens with one attached hydrogen (secondary N) is 2. The quantitative estimate of drug-likeness (QED) is 0.163. The Morgan fingerprint density at radius 3 is 2.12 bits per heavy atom. The van der Waals surface area contributed by atoms with E-state index in [1.165, 1.54) is 46.9 Å². The van der Waals surface area contributed by atoms with Crippen molar-refractivity contribution in [2.75, 3.05) is 31.5 Å². The van der Waals surface area contributed by atoms with E-state index in [-0.39, 0.29) is 22.9 Å². The number of hydrogen-bond donors (Lipinski definition) is 2. The van der Waals surface area contributed by atoms with Crippen molar-refractivity contribution in [1.82, 2.24) is 15.1 Å². The van der Waals surface area contributed by atoms with Gasteiger partial charge >= 0.3 is 6.03 Å². The van der Waals surface area contributed by atoms with E-state index in [0.29, 0.717) is 31.9 Å². The van der Waals surface area contributed by atoms with Crippen LogP contribution in [0.5, 0.6) is 0 Å². The normalized spacial score (nSPS) is 21.9. The summed E-state index contributed by atoms with van der Waals surface area (Å²) in [5.41, 5.74) is 0.740. The van der Waals surface area contributed by atoms with E-state index in [1.807, 2.05) is 53.2 Å². The van der Waals surface area contributed by atoms with Crippen LogP contribution < -0.4 is 10.6 Å². The number of nitro benzene ring substituents is 1. The molecule has 0 radical (unpaired) electrons. The Balaban J connectivity index is 1.51. The lowest BCUT2D eigenvalue weighted by atomic mass is 9.79. The SMILES string of the molecule is O=C(c1ccc([N+](=O)[O-])cc1)C1C(c2cccs2)C(C(=O)N2CCNCC2)N(C(=O)Nc2ccccc2)C1c1cccs1. The molecule has 2 N–H and O–H groups in total. The maximum absolute atomic E-state index is 14.6. The van der Waals surface area contributed by atoms with E-state index in [4.69, 9.17) is 0 Å². The molecule has 6 rings (SSSR count). The lowest BCUT2D eigenvalue weighted by Gasteiger charge is -2.36. The van der Waals surface area contributed by atoms with Gasteiger partial charge in [-0.2, -0.15) is 0 Å². The van der Waals surface area contributed by atoms with Gasteiger partial charge in [-0.05, 0) is 47.2 Å². The first-order valence-corrected chi connectivity index (χ1v) is 15.7. The Morgan fingerprint density at radius 1 is 0.860 bits per heavy atom. The number of urea groups is 1. The summed E-state index contributed by atoms with van der Waals surface area (Å²) in [7, 11) is 0. The number of amides is 3. The van der Waals surface area contributed by atoms with E-state index in [2.05, 4.69) is 10.6 Å². The van der Waals surface area contributed by atoms with Gasteiger partial charge < -0.3 is 20.4 Å². The molecule has 12 heteroatoms. The van der Waals surface area contributed by atoms with E-state index in [0.717, 1.165) is 9.75 Å². The first kappa shape index (κ1) is 28.7. The number of thiophene rings is 2. The zero-order valence-corrected chi connectivity index (χ0v) is 24.6. The number of Topliss-reactive ketones (excluding diaryl/α,β-unsaturated/α-hetero) is 1. The number of benzene rings is 2. The molecule has 2 fully saturated rings. The van der Waals surface area contributed by atoms with Crippen LogP contribution in [0.4, 0.5) is 16.2 Å². The van der Waals surface area contributed by atoms with Gasteiger partial charge in [-0.1, -0.05) is 30.3 Å². The summed E-state index contributed by atoms with van der Waals surface area (Å²) in [4.78, 5) is 59.1. The lowest BCUT2D eigenvalue weighted by Crippen LogP contribution is -2.55. The highest BCUT2D eigenvalue weighted by Gasteiger charge is 2.59. The number of piperazine rings is 1. The molecule has 2 aliphatic rings. The van der Waals surface area contributed by atoms with Gasteiger partial charge in [0.05, 0.1) is 16.9 Å². The van der Waals surface area contributed by atoms with Gasteiger partial charge in [0.25, 0.3) is 5.69 Å². The number of ketones is 1. The van der Waals surface area contributed by atoms with Crippen LogP contribution in [0.2, 0.25) is 0 Å². The Kier molecular flexibility index (Phi) is 8.32. The monoisotopic (exact) mass is 615 g/mol. The molecule has 43 heavy (non-hydrogen) atoms. The summed E-state index contributed by atoms with van der Waals surface area (Å²) in [5, 5.41) is 21.4. The summed E-state index contributed by atoms with van der Waals surface area (Å²) >= 11 is 2.87. The van der Waals surface area contributed by atoms with Gasteiger partial charge in [0.15, 0.2) is 5.78 Å². The number of nitro groups is 1. The number of para-hydroxylation sites is 1. The fourth-order valence-corrected chi connectivity index (χ4v) is 7.83. The third kappa shape index (κ3) is 5.68. The first-order valence-electron chi connectivity index (χ1n) is 13.9. The average molecular weight is 616 g/mol. The van der Waals surface area contributed by atoms with Gasteiger partial charge in [0.2, 0.25) is 5.91 Å². The molecule has 2 saturated heterocycles. The minimum atomic E-state index is -0.959. The van der Waals surface area contributed by atoms with Crippen molar-refractivity contribution in [1.29, 1.82) is 0 Å². The summed E-state index contributed by atoms with van der Waals surface area (Å²) in [6.07, 6.45) is 0. The Labute approximate surface area is 256 Å². The second kappa shape index (κ2) is 12.5. The van der Waals surface area contributed by atoms with Crippen molar-refractivity contribution in [2.45, 2.75) is 18.0 Å². The molecule has 0 bridgehead atoms. The zero-order valence-electron chi connectivity index (χ0n) is 23.0. The van der Waals surface area contributed by atoms with Crippen LogP contribution in [-0.2, 0) is 4.79 Å². The van der Waals surface area contributed by atoms with Crippen LogP contribution in [0.25, 0.3) is 0 Å². The predicted molar refractivity (Wildman–Crippen MR) is 166 cm³/mol. The van der Waals surface area contributed by atoms with Crippen LogP contribution in [0.15, 0.2) is 89.6 Å². The minimum absolute atomic E-state index is 0.122. The van der Waals surface area contributed by atoms with Crippen molar-refractivity contribution >= 4 is 51.8 Å². The van der Waals surface area contributed by atoms with Gasteiger partial charge in [-0.15, -0.1) is 22.7 Å². The van der Waals surface area contributed by atoms with Gasteiger partial charge in [-0.3, -0.25) is 19.7 Å². The molecule has 2 aliphatic heterocycles. The maximum atomic E-state index is 14.6. The number of carbonyl (C=O) groups is 3. The molecule has 0 spiro atoms. The van der Waals surface area contributed by atoms with E-state index >= 15 is 0 Å². The number of non-ortho nitro benzene ring substituents is 1. The second-order valence-corrected chi connectivity index (χ2v) is 12.4. The molecule has 10 nitrogen and oxygen atoms in total. The molecule has 2 aromatic carbocycles. The summed E-state index contributed by atoms with van der Waals surface area (Å²) < 4.78 is 0. The fraction of sp³-hybridized carbons (Fsp3) is 0.258. The fourth-order valence-electron chi connectivity index (χ4n) is 6.05. The molecular weight excluding hydrogens is 587 g/mol. The van der Waals surface area contributed by atoms with Crippen LogP contribution in [0, 0.1) is 16.0 Å². The Hall–Kier alpha value is -4.39. The third-order valence-corrected chi connectivity index (χ3v) is 9.90. The molecule has 0 saturated carbocycles. The Bertz CT molecular complexity index is 1590. The summed E-state index contributed by atoms with van der Waals surface area (Å²) in [6.45, 7) is 2.26. The zero-order chi connectivity index (χ0) is 29.9. The van der Waals surface area contributed by atoms with Crippen molar-refractivity contribution in [2.24, 2.45) is 5.92 Å². The molecule has 2 aromatic heterocycles. The smallest absolute Gasteiger partial charge is 0.323 e. The average Bonchev–Trinajstić information content (AvgIpc) is 3.81. The summed E-state index contributed by atoms with van der Waals surface area (Å²) in [5.74, 6) is -1.95. The highest BCUT2D eigenvalue weighted by atomic mass is 32.1. The standard InChI is InChI=1S/C31H29N5O5S2/c37-29(20-10-12-22(13-11-20)36(40)41)26-25(23-8-4-18-42-23)28(30(38)34-16-14-32-15-17-34)35(27(26)24-9-5-19-43-24)31(39)33-21-6-2-1-3-7-21/h1-13,18-19,25-28,32H,14-17H2,(H,33,39). The Morgan fingerprint density at radius 2 is 1.51 bits per heavy atom. The summed E-state index contributed by atoms with van der Waals surface area (Å²) in [6, 6.07) is 19.9. The van der Waals surface area contributed by atoms with Crippen LogP contribution >= 0.6 is 22.7 Å². The number of hydrogen-bond acceptors (Lipinski definition) is 8. The predicted octanol–water partition coefficient (Wildman–Crippen LogP) is 5.39. The highest BCUT2D eigenvalue weighted by Crippen LogP contribution is 2.53. The van der Waals surface area contributed by atoms with Gasteiger partial charge in [-0.25, -0.2) is 4.79 Å². The van der Waals surface area contributed by atoms with E-state index in [9.17, 15) is 24.5 Å².